The molecule has 0 fully saturated rings. The highest BCUT2D eigenvalue weighted by atomic mass is 35.5. The number of hydrogen-bond donors (Lipinski definition) is 0. The molecule has 0 saturated carbocycles. The number of nitriles is 1. The predicted octanol–water partition coefficient (Wildman–Crippen LogP) is 2.20. The van der Waals surface area contributed by atoms with Gasteiger partial charge in [-0.2, -0.15) is 5.26 Å². The monoisotopic (exact) mass is 237 g/mol. The number of aldehydes is 1. The molecule has 0 radical (unpaired) electrons. The van der Waals surface area contributed by atoms with Crippen LogP contribution in [0, 0.1) is 11.3 Å². The summed E-state index contributed by atoms with van der Waals surface area (Å²) >= 11 is 5.80. The Morgan fingerprint density at radius 1 is 1.62 bits per heavy atom. The van der Waals surface area contributed by atoms with Crippen LogP contribution >= 0.6 is 11.6 Å². The van der Waals surface area contributed by atoms with Gasteiger partial charge in [-0.3, -0.25) is 4.79 Å². The van der Waals surface area contributed by atoms with E-state index in [2.05, 4.69) is 0 Å². The first-order chi connectivity index (χ1) is 7.65. The van der Waals surface area contributed by atoms with Crippen molar-refractivity contribution in [1.82, 2.24) is 0 Å². The van der Waals surface area contributed by atoms with Crippen molar-refractivity contribution in [3.05, 3.63) is 33.8 Å². The van der Waals surface area contributed by atoms with Crippen molar-refractivity contribution >= 4 is 23.9 Å². The van der Waals surface area contributed by atoms with E-state index in [1.165, 1.54) is 12.1 Å². The van der Waals surface area contributed by atoms with Gasteiger partial charge in [0.15, 0.2) is 6.29 Å². The molecule has 0 saturated heterocycles. The molecule has 5 heteroatoms. The lowest BCUT2D eigenvalue weighted by Gasteiger charge is -2.07. The minimum atomic E-state index is -0.702. The maximum absolute atomic E-state index is 11.5. The predicted molar refractivity (Wildman–Crippen MR) is 57.5 cm³/mol. The molecule has 0 aromatic heterocycles. The SMILES string of the molecule is CCOC(=O)c1c(Cl)ccc(C#N)c1C=O. The van der Waals surface area contributed by atoms with Crippen molar-refractivity contribution < 1.29 is 14.3 Å². The molecule has 0 aliphatic carbocycles. The molecule has 82 valence electrons. The van der Waals surface area contributed by atoms with Crippen LogP contribution in [0.4, 0.5) is 0 Å². The molecule has 0 atom stereocenters. The van der Waals surface area contributed by atoms with E-state index in [0.29, 0.717) is 6.29 Å². The van der Waals surface area contributed by atoms with Crippen LogP contribution in [0.25, 0.3) is 0 Å². The minimum absolute atomic E-state index is 0.0338. The molecule has 0 spiro atoms. The topological polar surface area (TPSA) is 67.2 Å². The van der Waals surface area contributed by atoms with Crippen molar-refractivity contribution in [3.8, 4) is 6.07 Å². The summed E-state index contributed by atoms with van der Waals surface area (Å²) in [6.07, 6.45) is 0.427. The fraction of sp³-hybridized carbons (Fsp3) is 0.182. The highest BCUT2D eigenvalue weighted by molar-refractivity contribution is 6.34. The van der Waals surface area contributed by atoms with Gasteiger partial charge in [0.2, 0.25) is 0 Å². The van der Waals surface area contributed by atoms with Gasteiger partial charge in [-0.1, -0.05) is 11.6 Å². The number of carbonyl (C=O) groups excluding carboxylic acids is 2. The number of rotatable bonds is 3. The van der Waals surface area contributed by atoms with Gasteiger partial charge in [-0.25, -0.2) is 4.79 Å². The summed E-state index contributed by atoms with van der Waals surface area (Å²) in [6.45, 7) is 1.81. The Morgan fingerprint density at radius 2 is 2.31 bits per heavy atom. The number of esters is 1. The van der Waals surface area contributed by atoms with E-state index < -0.39 is 5.97 Å². The lowest BCUT2D eigenvalue weighted by molar-refractivity contribution is 0.0524. The molecule has 1 aromatic rings. The normalized spacial score (nSPS) is 9.31. The molecule has 0 N–H and O–H groups in total. The maximum atomic E-state index is 11.5. The van der Waals surface area contributed by atoms with Crippen molar-refractivity contribution in [3.63, 3.8) is 0 Å². The molecule has 1 rings (SSSR count). The van der Waals surface area contributed by atoms with Crippen LogP contribution in [-0.4, -0.2) is 18.9 Å². The number of ether oxygens (including phenoxy) is 1. The van der Waals surface area contributed by atoms with Crippen molar-refractivity contribution in [2.75, 3.05) is 6.61 Å². The third-order valence-corrected chi connectivity index (χ3v) is 2.23. The summed E-state index contributed by atoms with van der Waals surface area (Å²) in [5, 5.41) is 8.87. The molecule has 0 heterocycles. The minimum Gasteiger partial charge on any atom is -0.462 e. The Labute approximate surface area is 97.4 Å². The smallest absolute Gasteiger partial charge is 0.340 e. The summed E-state index contributed by atoms with van der Waals surface area (Å²) in [4.78, 5) is 22.4. The maximum Gasteiger partial charge on any atom is 0.340 e. The van der Waals surface area contributed by atoms with Gasteiger partial charge in [0.25, 0.3) is 0 Å². The average molecular weight is 238 g/mol. The van der Waals surface area contributed by atoms with Gasteiger partial charge in [0, 0.05) is 5.56 Å². The number of nitrogens with zero attached hydrogens (tertiary/aromatic N) is 1. The molecular weight excluding hydrogens is 230 g/mol. The van der Waals surface area contributed by atoms with Crippen LogP contribution in [-0.2, 0) is 4.74 Å². The Bertz CT molecular complexity index is 477. The Balaban J connectivity index is 3.41. The molecule has 0 amide bonds. The Hall–Kier alpha value is -1.86. The first-order valence-corrected chi connectivity index (χ1v) is 4.88. The van der Waals surface area contributed by atoms with Crippen LogP contribution in [0.1, 0.15) is 33.2 Å². The molecular formula is C11H8ClNO3. The lowest BCUT2D eigenvalue weighted by atomic mass is 10.0. The number of halogens is 1. The van der Waals surface area contributed by atoms with E-state index in [4.69, 9.17) is 21.6 Å². The second-order valence-electron chi connectivity index (χ2n) is 2.83. The Morgan fingerprint density at radius 3 is 2.81 bits per heavy atom. The van der Waals surface area contributed by atoms with E-state index in [1.54, 1.807) is 6.92 Å². The molecule has 4 nitrogen and oxygen atoms in total. The zero-order valence-corrected chi connectivity index (χ0v) is 9.25. The fourth-order valence-corrected chi connectivity index (χ4v) is 1.47. The third-order valence-electron chi connectivity index (χ3n) is 1.91. The molecule has 0 aliphatic rings. The summed E-state index contributed by atoms with van der Waals surface area (Å²) in [5.41, 5.74) is 0.00784. The van der Waals surface area contributed by atoms with E-state index in [-0.39, 0.29) is 28.3 Å². The molecule has 0 bridgehead atoms. The zero-order valence-electron chi connectivity index (χ0n) is 8.49. The first-order valence-electron chi connectivity index (χ1n) is 4.50. The number of hydrogen-bond acceptors (Lipinski definition) is 4. The van der Waals surface area contributed by atoms with E-state index >= 15 is 0 Å². The van der Waals surface area contributed by atoms with Crippen LogP contribution in [0.15, 0.2) is 12.1 Å². The van der Waals surface area contributed by atoms with Gasteiger partial charge in [0.1, 0.15) is 0 Å². The molecule has 1 aromatic carbocycles. The summed E-state index contributed by atoms with van der Waals surface area (Å²) in [6, 6.07) is 4.59. The molecule has 0 unspecified atom stereocenters. The highest BCUT2D eigenvalue weighted by Crippen LogP contribution is 2.23. The van der Waals surface area contributed by atoms with Gasteiger partial charge < -0.3 is 4.74 Å². The van der Waals surface area contributed by atoms with Crippen LogP contribution in [0.5, 0.6) is 0 Å². The van der Waals surface area contributed by atoms with Crippen LogP contribution < -0.4 is 0 Å². The quantitative estimate of drug-likeness (QED) is 0.597. The molecule has 16 heavy (non-hydrogen) atoms. The van der Waals surface area contributed by atoms with Gasteiger partial charge in [0.05, 0.1) is 28.8 Å². The first kappa shape index (κ1) is 12.2. The largest absolute Gasteiger partial charge is 0.462 e. The van der Waals surface area contributed by atoms with Crippen molar-refractivity contribution in [1.29, 1.82) is 5.26 Å². The number of carbonyl (C=O) groups is 2. The lowest BCUT2D eigenvalue weighted by Crippen LogP contribution is -2.10. The second kappa shape index (κ2) is 5.29. The van der Waals surface area contributed by atoms with Gasteiger partial charge in [-0.05, 0) is 19.1 Å². The summed E-state index contributed by atoms with van der Waals surface area (Å²) < 4.78 is 4.76. The highest BCUT2D eigenvalue weighted by Gasteiger charge is 2.19. The van der Waals surface area contributed by atoms with Crippen molar-refractivity contribution in [2.45, 2.75) is 6.92 Å². The van der Waals surface area contributed by atoms with Crippen LogP contribution in [0.3, 0.4) is 0 Å². The fourth-order valence-electron chi connectivity index (χ4n) is 1.22. The van der Waals surface area contributed by atoms with E-state index in [9.17, 15) is 9.59 Å². The third kappa shape index (κ3) is 2.20. The van der Waals surface area contributed by atoms with E-state index in [0.717, 1.165) is 0 Å². The van der Waals surface area contributed by atoms with Gasteiger partial charge >= 0.3 is 5.97 Å². The zero-order chi connectivity index (χ0) is 12.1. The molecule has 0 aliphatic heterocycles. The van der Waals surface area contributed by atoms with Gasteiger partial charge in [-0.15, -0.1) is 0 Å². The van der Waals surface area contributed by atoms with E-state index in [1.807, 2.05) is 6.07 Å². The summed E-state index contributed by atoms with van der Waals surface area (Å²) in [7, 11) is 0. The second-order valence-corrected chi connectivity index (χ2v) is 3.24. The standard InChI is InChI=1S/C11H8ClNO3/c1-2-16-11(15)10-8(6-14)7(5-13)3-4-9(10)12/h3-4,6H,2H2,1H3. The Kier molecular flexibility index (Phi) is 4.03. The summed E-state index contributed by atoms with van der Waals surface area (Å²) in [5.74, 6) is -0.702. The van der Waals surface area contributed by atoms with Crippen LogP contribution in [0.2, 0.25) is 5.02 Å². The van der Waals surface area contributed by atoms with Crippen molar-refractivity contribution in [2.24, 2.45) is 0 Å². The average Bonchev–Trinajstić information content (AvgIpc) is 2.28. The number of benzene rings is 1.